The Morgan fingerprint density at radius 3 is 2.29 bits per heavy atom. The Hall–Kier alpha value is -3.33. The lowest BCUT2D eigenvalue weighted by molar-refractivity contribution is -0.150. The number of methoxy groups -OCH3 is 2. The highest BCUT2D eigenvalue weighted by Crippen LogP contribution is 2.23. The number of benzene rings is 1. The van der Waals surface area contributed by atoms with Crippen molar-refractivity contribution in [2.24, 2.45) is 5.92 Å². The van der Waals surface area contributed by atoms with E-state index in [1.54, 1.807) is 32.0 Å². The molecule has 1 aromatic heterocycles. The zero-order valence-electron chi connectivity index (χ0n) is 17.6. The van der Waals surface area contributed by atoms with Crippen molar-refractivity contribution < 1.29 is 28.6 Å². The Labute approximate surface area is 185 Å². The molecule has 31 heavy (non-hydrogen) atoms. The number of carbonyl (C=O) groups is 3. The summed E-state index contributed by atoms with van der Waals surface area (Å²) in [6, 6.07) is 6.86. The number of esters is 1. The van der Waals surface area contributed by atoms with Gasteiger partial charge in [0, 0.05) is 17.8 Å². The minimum absolute atomic E-state index is 0.114. The highest BCUT2D eigenvalue weighted by atomic mass is 35.5. The molecular weight excluding hydrogens is 426 g/mol. The maximum atomic E-state index is 12.7. The molecule has 2 amide bonds. The van der Waals surface area contributed by atoms with E-state index in [9.17, 15) is 14.4 Å². The quantitative estimate of drug-likeness (QED) is 0.446. The molecule has 2 aromatic rings. The van der Waals surface area contributed by atoms with Crippen LogP contribution in [0.25, 0.3) is 0 Å². The summed E-state index contributed by atoms with van der Waals surface area (Å²) in [5.41, 5.74) is 0.546. The van der Waals surface area contributed by atoms with Crippen molar-refractivity contribution in [2.45, 2.75) is 19.9 Å². The van der Waals surface area contributed by atoms with Crippen LogP contribution in [-0.4, -0.2) is 49.6 Å². The van der Waals surface area contributed by atoms with Crippen molar-refractivity contribution in [3.05, 3.63) is 47.2 Å². The van der Waals surface area contributed by atoms with Gasteiger partial charge < -0.3 is 24.8 Å². The number of halogens is 1. The predicted molar refractivity (Wildman–Crippen MR) is 114 cm³/mol. The second-order valence-electron chi connectivity index (χ2n) is 6.79. The minimum atomic E-state index is -0.973. The van der Waals surface area contributed by atoms with E-state index >= 15 is 0 Å². The van der Waals surface area contributed by atoms with Crippen LogP contribution in [0.4, 0.5) is 5.69 Å². The summed E-state index contributed by atoms with van der Waals surface area (Å²) in [7, 11) is 2.93. The Morgan fingerprint density at radius 2 is 1.74 bits per heavy atom. The molecule has 9 nitrogen and oxygen atoms in total. The molecular formula is C21H24ClN3O6. The first-order valence-electron chi connectivity index (χ1n) is 9.36. The summed E-state index contributed by atoms with van der Waals surface area (Å²) in [5.74, 6) is -1.28. The second kappa shape index (κ2) is 11.2. The van der Waals surface area contributed by atoms with E-state index < -0.39 is 30.4 Å². The number of hydrogen-bond acceptors (Lipinski definition) is 7. The number of carbonyl (C=O) groups excluding carboxylic acids is 3. The van der Waals surface area contributed by atoms with Crippen molar-refractivity contribution in [2.75, 3.05) is 26.1 Å². The van der Waals surface area contributed by atoms with Crippen LogP contribution < -0.4 is 20.1 Å². The molecule has 0 fully saturated rings. The number of pyridine rings is 1. The van der Waals surface area contributed by atoms with Gasteiger partial charge >= 0.3 is 5.97 Å². The van der Waals surface area contributed by atoms with E-state index in [2.05, 4.69) is 15.6 Å². The van der Waals surface area contributed by atoms with Crippen molar-refractivity contribution in [3.8, 4) is 11.5 Å². The van der Waals surface area contributed by atoms with Gasteiger partial charge in [0.05, 0.1) is 19.9 Å². The molecule has 0 bridgehead atoms. The van der Waals surface area contributed by atoms with E-state index in [1.807, 2.05) is 0 Å². The van der Waals surface area contributed by atoms with Crippen LogP contribution in [-0.2, 0) is 14.3 Å². The van der Waals surface area contributed by atoms with Gasteiger partial charge in [-0.1, -0.05) is 25.4 Å². The molecule has 0 saturated carbocycles. The summed E-state index contributed by atoms with van der Waals surface area (Å²) in [4.78, 5) is 41.1. The van der Waals surface area contributed by atoms with Crippen molar-refractivity contribution in [1.82, 2.24) is 10.3 Å². The minimum Gasteiger partial charge on any atom is -0.497 e. The van der Waals surface area contributed by atoms with Crippen LogP contribution in [0.3, 0.4) is 0 Å². The van der Waals surface area contributed by atoms with Crippen LogP contribution >= 0.6 is 11.6 Å². The van der Waals surface area contributed by atoms with E-state index in [1.165, 1.54) is 32.5 Å². The van der Waals surface area contributed by atoms with Gasteiger partial charge in [-0.25, -0.2) is 9.78 Å². The first-order valence-corrected chi connectivity index (χ1v) is 9.73. The summed E-state index contributed by atoms with van der Waals surface area (Å²) in [5, 5.41) is 5.24. The molecule has 166 valence electrons. The summed E-state index contributed by atoms with van der Waals surface area (Å²) < 4.78 is 15.4. The Kier molecular flexibility index (Phi) is 8.63. The van der Waals surface area contributed by atoms with Crippen LogP contribution in [0.5, 0.6) is 11.5 Å². The fourth-order valence-electron chi connectivity index (χ4n) is 2.55. The first kappa shape index (κ1) is 23.9. The fraction of sp³-hybridized carbons (Fsp3) is 0.333. The lowest BCUT2D eigenvalue weighted by atomic mass is 10.0. The lowest BCUT2D eigenvalue weighted by Crippen LogP contribution is -2.46. The number of hydrogen-bond donors (Lipinski definition) is 2. The molecule has 10 heteroatoms. The third-order valence-electron chi connectivity index (χ3n) is 4.20. The molecule has 0 radical (unpaired) electrons. The van der Waals surface area contributed by atoms with Crippen molar-refractivity contribution in [3.63, 3.8) is 0 Å². The Morgan fingerprint density at radius 1 is 1.10 bits per heavy atom. The third kappa shape index (κ3) is 6.85. The highest BCUT2D eigenvalue weighted by molar-refractivity contribution is 6.32. The zero-order valence-corrected chi connectivity index (χ0v) is 18.4. The van der Waals surface area contributed by atoms with Crippen molar-refractivity contribution in [1.29, 1.82) is 0 Å². The molecule has 1 aromatic carbocycles. The SMILES string of the molecule is COc1cc(OC)cc(C(=O)N[C@@H](C(=O)OCC(=O)Nc2cccnc2Cl)C(C)C)c1. The Bertz CT molecular complexity index is 928. The predicted octanol–water partition coefficient (Wildman–Crippen LogP) is 2.69. The molecule has 0 aliphatic rings. The number of nitrogens with zero attached hydrogens (tertiary/aromatic N) is 1. The molecule has 2 rings (SSSR count). The van der Waals surface area contributed by atoms with Gasteiger partial charge in [0.15, 0.2) is 11.8 Å². The average Bonchev–Trinajstić information content (AvgIpc) is 2.76. The van der Waals surface area contributed by atoms with Crippen LogP contribution in [0, 0.1) is 5.92 Å². The smallest absolute Gasteiger partial charge is 0.329 e. The number of anilines is 1. The maximum absolute atomic E-state index is 12.7. The fourth-order valence-corrected chi connectivity index (χ4v) is 2.72. The summed E-state index contributed by atoms with van der Waals surface area (Å²) in [6.07, 6.45) is 1.48. The van der Waals surface area contributed by atoms with E-state index in [0.717, 1.165) is 0 Å². The van der Waals surface area contributed by atoms with Gasteiger partial charge in [0.2, 0.25) is 0 Å². The first-order chi connectivity index (χ1) is 14.7. The highest BCUT2D eigenvalue weighted by Gasteiger charge is 2.27. The number of ether oxygens (including phenoxy) is 3. The standard InChI is InChI=1S/C21H24ClN3O6/c1-12(2)18(25-20(27)13-8-14(29-3)10-15(9-13)30-4)21(28)31-11-17(26)24-16-6-5-7-23-19(16)22/h5-10,12,18H,11H2,1-4H3,(H,24,26)(H,25,27)/t18-/m1/s1. The number of nitrogens with one attached hydrogen (secondary N) is 2. The van der Waals surface area contributed by atoms with Crippen LogP contribution in [0.2, 0.25) is 5.15 Å². The molecule has 1 heterocycles. The molecule has 1 atom stereocenters. The Balaban J connectivity index is 2.01. The van der Waals surface area contributed by atoms with Gasteiger partial charge in [-0.15, -0.1) is 0 Å². The topological polar surface area (TPSA) is 116 Å². The van der Waals surface area contributed by atoms with Gasteiger partial charge in [0.1, 0.15) is 17.5 Å². The molecule has 0 spiro atoms. The lowest BCUT2D eigenvalue weighted by Gasteiger charge is -2.21. The van der Waals surface area contributed by atoms with Crippen LogP contribution in [0.15, 0.2) is 36.5 Å². The van der Waals surface area contributed by atoms with Crippen molar-refractivity contribution >= 4 is 35.1 Å². The largest absolute Gasteiger partial charge is 0.497 e. The molecule has 0 aliphatic heterocycles. The second-order valence-corrected chi connectivity index (χ2v) is 7.15. The van der Waals surface area contributed by atoms with E-state index in [4.69, 9.17) is 25.8 Å². The van der Waals surface area contributed by atoms with Gasteiger partial charge in [0.25, 0.3) is 11.8 Å². The van der Waals surface area contributed by atoms with Gasteiger partial charge in [-0.2, -0.15) is 0 Å². The molecule has 0 aliphatic carbocycles. The summed E-state index contributed by atoms with van der Waals surface area (Å²) in [6.45, 7) is 2.94. The number of amides is 2. The normalized spacial score (nSPS) is 11.4. The monoisotopic (exact) mass is 449 g/mol. The maximum Gasteiger partial charge on any atom is 0.329 e. The summed E-state index contributed by atoms with van der Waals surface area (Å²) >= 11 is 5.88. The third-order valence-corrected chi connectivity index (χ3v) is 4.50. The van der Waals surface area contributed by atoms with Gasteiger partial charge in [-0.3, -0.25) is 9.59 Å². The molecule has 0 saturated heterocycles. The average molecular weight is 450 g/mol. The van der Waals surface area contributed by atoms with Crippen LogP contribution in [0.1, 0.15) is 24.2 Å². The molecule has 2 N–H and O–H groups in total. The molecule has 0 unspecified atom stereocenters. The van der Waals surface area contributed by atoms with Gasteiger partial charge in [-0.05, 0) is 30.2 Å². The zero-order chi connectivity index (χ0) is 23.0. The van der Waals surface area contributed by atoms with E-state index in [0.29, 0.717) is 17.2 Å². The number of aromatic nitrogens is 1. The van der Waals surface area contributed by atoms with E-state index in [-0.39, 0.29) is 16.6 Å². The number of rotatable bonds is 9.